The molecule has 0 bridgehead atoms. The van der Waals surface area contributed by atoms with Gasteiger partial charge in [-0.25, -0.2) is 4.39 Å². The number of carbonyl (C=O) groups excluding carboxylic acids is 1. The number of halogens is 11. The van der Waals surface area contributed by atoms with Crippen LogP contribution < -0.4 is 5.32 Å². The minimum absolute atomic E-state index is 0.222. The van der Waals surface area contributed by atoms with Crippen LogP contribution in [0.3, 0.4) is 0 Å². The molecule has 2 aliphatic rings. The minimum atomic E-state index is -7.40. The smallest absolute Gasteiger partial charge is 0.313 e. The van der Waals surface area contributed by atoms with Gasteiger partial charge >= 0.3 is 35.3 Å². The second-order valence-electron chi connectivity index (χ2n) is 7.72. The first-order chi connectivity index (χ1) is 14.9. The number of aryl methyl sites for hydroxylation is 1. The number of fused-ring (bicyclic) bond motifs is 1. The van der Waals surface area contributed by atoms with E-state index in [0.29, 0.717) is 35.5 Å². The number of hydrogen-bond acceptors (Lipinski definition) is 3. The van der Waals surface area contributed by atoms with E-state index in [2.05, 4.69) is 0 Å². The Balaban J connectivity index is 2.13. The van der Waals surface area contributed by atoms with Crippen LogP contribution in [0, 0.1) is 11.3 Å². The summed E-state index contributed by atoms with van der Waals surface area (Å²) >= 11 is 0.466. The lowest BCUT2D eigenvalue weighted by molar-refractivity contribution is -0.475. The molecule has 3 rings (SSSR count). The van der Waals surface area contributed by atoms with E-state index in [1.807, 2.05) is 0 Å². The van der Waals surface area contributed by atoms with Gasteiger partial charge in [-0.3, -0.25) is 4.79 Å². The third-order valence-electron chi connectivity index (χ3n) is 5.77. The number of nitrogens with one attached hydrogen (secondary N) is 1. The predicted molar refractivity (Wildman–Crippen MR) is 92.1 cm³/mol. The van der Waals surface area contributed by atoms with Crippen LogP contribution in [0.4, 0.5) is 53.3 Å². The number of alkyl halides is 11. The topological polar surface area (TPSA) is 52.9 Å². The van der Waals surface area contributed by atoms with Gasteiger partial charge in [0, 0.05) is 4.88 Å². The van der Waals surface area contributed by atoms with Crippen molar-refractivity contribution in [2.75, 3.05) is 5.32 Å². The van der Waals surface area contributed by atoms with Gasteiger partial charge in [0.2, 0.25) is 0 Å². The Morgan fingerprint density at radius 1 is 0.758 bits per heavy atom. The van der Waals surface area contributed by atoms with E-state index in [0.717, 1.165) is 18.2 Å². The first kappa shape index (κ1) is 25.5. The average molecular weight is 514 g/mol. The van der Waals surface area contributed by atoms with Crippen molar-refractivity contribution < 1.29 is 53.1 Å². The van der Waals surface area contributed by atoms with Gasteiger partial charge in [0.15, 0.2) is 0 Å². The quantitative estimate of drug-likeness (QED) is 0.484. The highest BCUT2D eigenvalue weighted by Gasteiger charge is 3.02. The molecule has 0 aromatic carbocycles. The van der Waals surface area contributed by atoms with Gasteiger partial charge < -0.3 is 5.32 Å². The molecule has 1 fully saturated rings. The summed E-state index contributed by atoms with van der Waals surface area (Å²) < 4.78 is 152. The standard InChI is InChI=1S/C18H13F11N2OS/c19-13(14(20,21)16(24,25)18(28,29)17(26,27)15(13,22)23)12(32)31-11-9(7-30)8-5-3-1-2-4-6-10(8)33-11/h1-6H2,(H,31,32). The summed E-state index contributed by atoms with van der Waals surface area (Å²) in [6.45, 7) is 0. The fourth-order valence-corrected chi connectivity index (χ4v) is 5.06. The van der Waals surface area contributed by atoms with Gasteiger partial charge in [-0.2, -0.15) is 49.2 Å². The number of rotatable bonds is 2. The molecule has 0 unspecified atom stereocenters. The highest BCUT2D eigenvalue weighted by Crippen LogP contribution is 2.69. The largest absolute Gasteiger partial charge is 0.384 e. The molecule has 1 aromatic rings. The Morgan fingerprint density at radius 2 is 1.21 bits per heavy atom. The van der Waals surface area contributed by atoms with Crippen molar-refractivity contribution >= 4 is 22.2 Å². The monoisotopic (exact) mass is 514 g/mol. The van der Waals surface area contributed by atoms with E-state index in [-0.39, 0.29) is 12.0 Å². The Kier molecular flexibility index (Phi) is 5.75. The Bertz CT molecular complexity index is 982. The maximum atomic E-state index is 14.9. The summed E-state index contributed by atoms with van der Waals surface area (Å²) in [5.74, 6) is -40.1. The Morgan fingerprint density at radius 3 is 1.70 bits per heavy atom. The number of amides is 1. The lowest BCUT2D eigenvalue weighted by Gasteiger charge is -2.51. The van der Waals surface area contributed by atoms with Crippen molar-refractivity contribution in [3.63, 3.8) is 0 Å². The molecular formula is C18H13F11N2OS. The highest BCUT2D eigenvalue weighted by molar-refractivity contribution is 7.16. The molecule has 0 atom stereocenters. The third kappa shape index (κ3) is 2.94. The van der Waals surface area contributed by atoms with Gasteiger partial charge in [-0.1, -0.05) is 12.8 Å². The predicted octanol–water partition coefficient (Wildman–Crippen LogP) is 6.12. The fourth-order valence-electron chi connectivity index (χ4n) is 3.82. The molecule has 2 aliphatic carbocycles. The molecule has 0 radical (unpaired) electrons. The minimum Gasteiger partial charge on any atom is -0.313 e. The summed E-state index contributed by atoms with van der Waals surface area (Å²) in [7, 11) is 0. The van der Waals surface area contributed by atoms with E-state index < -0.39 is 51.8 Å². The molecule has 3 nitrogen and oxygen atoms in total. The van der Waals surface area contributed by atoms with Crippen LogP contribution in [-0.2, 0) is 17.6 Å². The Labute approximate surface area is 182 Å². The van der Waals surface area contributed by atoms with Crippen LogP contribution in [-0.4, -0.2) is 41.2 Å². The molecule has 0 saturated heterocycles. The van der Waals surface area contributed by atoms with Crippen LogP contribution in [0.25, 0.3) is 0 Å². The summed E-state index contributed by atoms with van der Waals surface area (Å²) in [6, 6.07) is 1.54. The van der Waals surface area contributed by atoms with Crippen molar-refractivity contribution in [3.05, 3.63) is 16.0 Å². The van der Waals surface area contributed by atoms with Gasteiger partial charge in [0.05, 0.1) is 5.56 Å². The number of hydrogen-bond donors (Lipinski definition) is 1. The number of nitriles is 1. The molecule has 1 aromatic heterocycles. The number of nitrogens with zero attached hydrogens (tertiary/aromatic N) is 1. The first-order valence-electron chi connectivity index (χ1n) is 9.37. The van der Waals surface area contributed by atoms with Crippen molar-refractivity contribution in [1.29, 1.82) is 5.26 Å². The van der Waals surface area contributed by atoms with Crippen molar-refractivity contribution in [3.8, 4) is 6.07 Å². The van der Waals surface area contributed by atoms with Gasteiger partial charge in [-0.15, -0.1) is 11.3 Å². The second kappa shape index (κ2) is 7.44. The van der Waals surface area contributed by atoms with Crippen LogP contribution in [0.2, 0.25) is 0 Å². The molecule has 1 N–H and O–H groups in total. The maximum Gasteiger partial charge on any atom is 0.384 e. The fraction of sp³-hybridized carbons (Fsp3) is 0.667. The van der Waals surface area contributed by atoms with Gasteiger partial charge in [0.1, 0.15) is 11.1 Å². The highest BCUT2D eigenvalue weighted by atomic mass is 32.1. The maximum absolute atomic E-state index is 14.9. The Hall–Kier alpha value is -2.11. The summed E-state index contributed by atoms with van der Waals surface area (Å²) in [6.07, 6.45) is 3.10. The zero-order valence-electron chi connectivity index (χ0n) is 16.2. The third-order valence-corrected chi connectivity index (χ3v) is 6.97. The van der Waals surface area contributed by atoms with Crippen molar-refractivity contribution in [2.45, 2.75) is 73.8 Å². The first-order valence-corrected chi connectivity index (χ1v) is 10.2. The normalized spacial score (nSPS) is 26.2. The number of carbonyl (C=O) groups is 1. The number of anilines is 1. The zero-order valence-corrected chi connectivity index (χ0v) is 17.0. The molecular weight excluding hydrogens is 501 g/mol. The molecule has 0 spiro atoms. The van der Waals surface area contributed by atoms with E-state index >= 15 is 0 Å². The molecule has 1 heterocycles. The van der Waals surface area contributed by atoms with Crippen molar-refractivity contribution in [1.82, 2.24) is 0 Å². The van der Waals surface area contributed by atoms with Crippen LogP contribution in [0.5, 0.6) is 0 Å². The molecule has 33 heavy (non-hydrogen) atoms. The summed E-state index contributed by atoms with van der Waals surface area (Å²) in [5.41, 5.74) is -6.99. The summed E-state index contributed by atoms with van der Waals surface area (Å²) in [5, 5.41) is 9.61. The van der Waals surface area contributed by atoms with Crippen molar-refractivity contribution in [2.24, 2.45) is 0 Å². The van der Waals surface area contributed by atoms with E-state index in [1.54, 1.807) is 6.07 Å². The SMILES string of the molecule is N#Cc1c(NC(=O)C2(F)C(F)(F)C(F)(F)C(F)(F)C(F)(F)C2(F)F)sc2c1CCCCCC2. The van der Waals surface area contributed by atoms with Crippen LogP contribution in [0.15, 0.2) is 0 Å². The van der Waals surface area contributed by atoms with Crippen LogP contribution >= 0.6 is 11.3 Å². The molecule has 15 heteroatoms. The molecule has 184 valence electrons. The molecule has 1 saturated carbocycles. The van der Waals surface area contributed by atoms with Gasteiger partial charge in [0.25, 0.3) is 5.91 Å². The van der Waals surface area contributed by atoms with Crippen LogP contribution in [0.1, 0.15) is 41.7 Å². The summed E-state index contributed by atoms with van der Waals surface area (Å²) in [4.78, 5) is 12.6. The number of thiophene rings is 1. The lowest BCUT2D eigenvalue weighted by Crippen LogP contribution is -2.86. The molecule has 0 aliphatic heterocycles. The van der Waals surface area contributed by atoms with E-state index in [1.165, 1.54) is 0 Å². The van der Waals surface area contributed by atoms with E-state index in [9.17, 15) is 58.4 Å². The van der Waals surface area contributed by atoms with Gasteiger partial charge in [-0.05, 0) is 31.2 Å². The zero-order chi connectivity index (χ0) is 25.3. The molecule has 1 amide bonds. The van der Waals surface area contributed by atoms with E-state index in [4.69, 9.17) is 0 Å². The average Bonchev–Trinajstić information content (AvgIpc) is 3.00. The second-order valence-corrected chi connectivity index (χ2v) is 8.82. The lowest BCUT2D eigenvalue weighted by atomic mass is 9.71.